The van der Waals surface area contributed by atoms with Gasteiger partial charge in [0, 0.05) is 50.3 Å². The van der Waals surface area contributed by atoms with E-state index in [9.17, 15) is 5.11 Å². The van der Waals surface area contributed by atoms with Gasteiger partial charge in [0.15, 0.2) is 0 Å². The Balaban J connectivity index is 1.64. The Bertz CT molecular complexity index is 706. The summed E-state index contributed by atoms with van der Waals surface area (Å²) in [5.74, 6) is 0. The summed E-state index contributed by atoms with van der Waals surface area (Å²) in [6.07, 6.45) is 2.97. The van der Waals surface area contributed by atoms with Crippen molar-refractivity contribution in [1.82, 2.24) is 9.80 Å². The van der Waals surface area contributed by atoms with Crippen molar-refractivity contribution in [1.29, 1.82) is 0 Å². The maximum absolute atomic E-state index is 9.55. The smallest absolute Gasteiger partial charge is 0.0446 e. The Labute approximate surface area is 162 Å². The lowest BCUT2D eigenvalue weighted by molar-refractivity contribution is 0.0498. The highest BCUT2D eigenvalue weighted by molar-refractivity contribution is 7.98. The summed E-state index contributed by atoms with van der Waals surface area (Å²) in [5.41, 5.74) is 4.13. The monoisotopic (exact) mass is 370 g/mol. The molecule has 140 valence electrons. The zero-order valence-corrected chi connectivity index (χ0v) is 16.7. The van der Waals surface area contributed by atoms with Crippen LogP contribution < -0.4 is 0 Å². The lowest BCUT2D eigenvalue weighted by Gasteiger charge is -2.41. The summed E-state index contributed by atoms with van der Waals surface area (Å²) >= 11 is 1.80. The van der Waals surface area contributed by atoms with E-state index >= 15 is 0 Å². The van der Waals surface area contributed by atoms with Crippen LogP contribution in [0.4, 0.5) is 0 Å². The van der Waals surface area contributed by atoms with Crippen LogP contribution in [0.3, 0.4) is 0 Å². The van der Waals surface area contributed by atoms with E-state index in [2.05, 4.69) is 71.5 Å². The number of aliphatic hydroxyl groups is 1. The molecule has 1 atom stereocenters. The molecule has 1 fully saturated rings. The maximum Gasteiger partial charge on any atom is 0.0446 e. The first kappa shape index (κ1) is 19.4. The van der Waals surface area contributed by atoms with E-state index in [1.54, 1.807) is 11.8 Å². The summed E-state index contributed by atoms with van der Waals surface area (Å²) in [6, 6.07) is 17.9. The molecule has 26 heavy (non-hydrogen) atoms. The van der Waals surface area contributed by atoms with Crippen molar-refractivity contribution in [3.63, 3.8) is 0 Å². The van der Waals surface area contributed by atoms with Crippen LogP contribution in [-0.2, 0) is 13.1 Å². The zero-order valence-electron chi connectivity index (χ0n) is 15.9. The molecule has 0 aliphatic carbocycles. The molecule has 0 aromatic heterocycles. The largest absolute Gasteiger partial charge is 0.396 e. The first-order valence-electron chi connectivity index (χ1n) is 9.44. The van der Waals surface area contributed by atoms with E-state index in [4.69, 9.17) is 0 Å². The van der Waals surface area contributed by atoms with Crippen molar-refractivity contribution in [2.24, 2.45) is 0 Å². The van der Waals surface area contributed by atoms with Crippen molar-refractivity contribution in [2.45, 2.75) is 37.4 Å². The van der Waals surface area contributed by atoms with E-state index in [0.29, 0.717) is 6.04 Å². The molecule has 3 nitrogen and oxygen atoms in total. The van der Waals surface area contributed by atoms with Gasteiger partial charge >= 0.3 is 0 Å². The topological polar surface area (TPSA) is 26.7 Å². The van der Waals surface area contributed by atoms with Crippen LogP contribution >= 0.6 is 11.8 Å². The van der Waals surface area contributed by atoms with Crippen LogP contribution in [0.1, 0.15) is 23.1 Å². The number of benzene rings is 2. The van der Waals surface area contributed by atoms with Crippen molar-refractivity contribution in [2.75, 3.05) is 32.5 Å². The van der Waals surface area contributed by atoms with E-state index in [1.807, 2.05) is 0 Å². The van der Waals surface area contributed by atoms with Crippen molar-refractivity contribution < 1.29 is 5.11 Å². The quantitative estimate of drug-likeness (QED) is 0.750. The predicted octanol–water partition coefficient (Wildman–Crippen LogP) is 3.79. The normalized spacial score (nSPS) is 19.0. The fourth-order valence-corrected chi connectivity index (χ4v) is 4.25. The minimum atomic E-state index is 0.255. The van der Waals surface area contributed by atoms with Crippen LogP contribution in [0.15, 0.2) is 53.4 Å². The van der Waals surface area contributed by atoms with E-state index in [1.165, 1.54) is 21.6 Å². The molecule has 1 aliphatic rings. The number of hydrogen-bond acceptors (Lipinski definition) is 4. The number of thioether (sulfide) groups is 1. The second-order valence-corrected chi connectivity index (χ2v) is 8.03. The number of hydrogen-bond donors (Lipinski definition) is 1. The molecule has 0 radical (unpaired) electrons. The molecule has 0 amide bonds. The molecular formula is C22H30N2OS. The van der Waals surface area contributed by atoms with Gasteiger partial charge in [-0.15, -0.1) is 11.8 Å². The van der Waals surface area contributed by atoms with Crippen LogP contribution in [0.2, 0.25) is 0 Å². The van der Waals surface area contributed by atoms with Gasteiger partial charge in [0.25, 0.3) is 0 Å². The molecule has 3 rings (SSSR count). The number of nitrogens with zero attached hydrogens (tertiary/aromatic N) is 2. The second kappa shape index (κ2) is 9.56. The van der Waals surface area contributed by atoms with Gasteiger partial charge < -0.3 is 5.11 Å². The third-order valence-corrected chi connectivity index (χ3v) is 6.05. The van der Waals surface area contributed by atoms with Gasteiger partial charge in [-0.2, -0.15) is 0 Å². The van der Waals surface area contributed by atoms with E-state index in [0.717, 1.165) is 39.1 Å². The Hall–Kier alpha value is -1.33. The number of aryl methyl sites for hydroxylation is 1. The van der Waals surface area contributed by atoms with Crippen molar-refractivity contribution in [3.8, 4) is 0 Å². The Morgan fingerprint density at radius 3 is 2.69 bits per heavy atom. The molecule has 1 aliphatic heterocycles. The van der Waals surface area contributed by atoms with Gasteiger partial charge in [-0.05, 0) is 48.4 Å². The summed E-state index contributed by atoms with van der Waals surface area (Å²) in [5, 5.41) is 9.55. The third kappa shape index (κ3) is 5.10. The van der Waals surface area contributed by atoms with Crippen molar-refractivity contribution >= 4 is 11.8 Å². The second-order valence-electron chi connectivity index (χ2n) is 7.15. The Morgan fingerprint density at radius 2 is 1.92 bits per heavy atom. The molecule has 1 unspecified atom stereocenters. The zero-order chi connectivity index (χ0) is 18.4. The van der Waals surface area contributed by atoms with Crippen LogP contribution in [0, 0.1) is 6.92 Å². The molecule has 2 aromatic rings. The summed E-state index contributed by atoms with van der Waals surface area (Å²) in [4.78, 5) is 6.41. The standard InChI is InChI=1S/C22H30N2OS/c1-18-6-3-4-8-20(18)16-24-12-11-23(17-21(24)10-13-25)15-19-7-5-9-22(14-19)26-2/h3-9,14,21,25H,10-13,15-17H2,1-2H3. The van der Waals surface area contributed by atoms with Gasteiger partial charge in [0.1, 0.15) is 0 Å². The minimum Gasteiger partial charge on any atom is -0.396 e. The first-order chi connectivity index (χ1) is 12.7. The highest BCUT2D eigenvalue weighted by Crippen LogP contribution is 2.21. The number of rotatable bonds is 7. The molecule has 1 N–H and O–H groups in total. The Kier molecular flexibility index (Phi) is 7.15. The van der Waals surface area contributed by atoms with Gasteiger partial charge in [-0.1, -0.05) is 36.4 Å². The number of aliphatic hydroxyl groups excluding tert-OH is 1. The van der Waals surface area contributed by atoms with Crippen molar-refractivity contribution in [3.05, 3.63) is 65.2 Å². The van der Waals surface area contributed by atoms with Gasteiger partial charge in [0.2, 0.25) is 0 Å². The minimum absolute atomic E-state index is 0.255. The van der Waals surface area contributed by atoms with Crippen LogP contribution in [-0.4, -0.2) is 53.4 Å². The fourth-order valence-electron chi connectivity index (χ4n) is 3.77. The summed E-state index contributed by atoms with van der Waals surface area (Å²) in [7, 11) is 0. The maximum atomic E-state index is 9.55. The lowest BCUT2D eigenvalue weighted by Crippen LogP contribution is -2.52. The molecule has 4 heteroatoms. The molecule has 0 bridgehead atoms. The van der Waals surface area contributed by atoms with Gasteiger partial charge in [0.05, 0.1) is 0 Å². The van der Waals surface area contributed by atoms with E-state index in [-0.39, 0.29) is 6.61 Å². The molecule has 0 saturated carbocycles. The average molecular weight is 371 g/mol. The summed E-state index contributed by atoms with van der Waals surface area (Å²) in [6.45, 7) is 7.58. The highest BCUT2D eigenvalue weighted by Gasteiger charge is 2.26. The fraction of sp³-hybridized carbons (Fsp3) is 0.455. The van der Waals surface area contributed by atoms with Crippen LogP contribution in [0.5, 0.6) is 0 Å². The summed E-state index contributed by atoms with van der Waals surface area (Å²) < 4.78 is 0. The van der Waals surface area contributed by atoms with Crippen LogP contribution in [0.25, 0.3) is 0 Å². The molecule has 1 saturated heterocycles. The van der Waals surface area contributed by atoms with Gasteiger partial charge in [-0.3, -0.25) is 9.80 Å². The number of piperazine rings is 1. The van der Waals surface area contributed by atoms with E-state index < -0.39 is 0 Å². The lowest BCUT2D eigenvalue weighted by atomic mass is 10.0. The molecule has 2 aromatic carbocycles. The first-order valence-corrected chi connectivity index (χ1v) is 10.7. The SMILES string of the molecule is CSc1cccc(CN2CCN(Cc3ccccc3C)C(CCO)C2)c1. The predicted molar refractivity (Wildman–Crippen MR) is 111 cm³/mol. The molecule has 0 spiro atoms. The van der Waals surface area contributed by atoms with Gasteiger partial charge in [-0.25, -0.2) is 0 Å². The third-order valence-electron chi connectivity index (χ3n) is 5.33. The average Bonchev–Trinajstić information content (AvgIpc) is 2.66. The highest BCUT2D eigenvalue weighted by atomic mass is 32.2. The molecular weight excluding hydrogens is 340 g/mol. The molecule has 1 heterocycles. The Morgan fingerprint density at radius 1 is 1.08 bits per heavy atom.